The Morgan fingerprint density at radius 1 is 1.13 bits per heavy atom. The van der Waals surface area contributed by atoms with Crippen LogP contribution < -0.4 is 0 Å². The fraction of sp³-hybridized carbons (Fsp3) is 0.381. The minimum absolute atomic E-state index is 0. The fourth-order valence-corrected chi connectivity index (χ4v) is 1.54. The van der Waals surface area contributed by atoms with Crippen LogP contribution in [0.25, 0.3) is 0 Å². The topological polar surface area (TPSA) is 20.2 Å². The molecule has 0 heterocycles. The minimum atomic E-state index is 0. The molecular weight excluding hydrogens is 316 g/mol. The summed E-state index contributed by atoms with van der Waals surface area (Å²) in [5, 5.41) is 9.36. The average Bonchev–Trinajstić information content (AvgIpc) is 2.83. The first-order valence-electron chi connectivity index (χ1n) is 7.17. The normalized spacial score (nSPS) is 11.0. The van der Waals surface area contributed by atoms with Crippen LogP contribution in [0.5, 0.6) is 5.75 Å². The van der Waals surface area contributed by atoms with Crippen LogP contribution >= 0.6 is 0 Å². The van der Waals surface area contributed by atoms with E-state index in [1.165, 1.54) is 9.37 Å². The first kappa shape index (κ1) is 27.0. The summed E-state index contributed by atoms with van der Waals surface area (Å²) in [6, 6.07) is 5.71. The summed E-state index contributed by atoms with van der Waals surface area (Å²) in [5.74, 6) is 0.361. The van der Waals surface area contributed by atoms with Gasteiger partial charge in [0.25, 0.3) is 0 Å². The van der Waals surface area contributed by atoms with E-state index in [-0.39, 0.29) is 20.3 Å². The predicted molar refractivity (Wildman–Crippen MR) is 102 cm³/mol. The number of phenols is 1. The van der Waals surface area contributed by atoms with Crippen LogP contribution in [0.15, 0.2) is 36.4 Å². The van der Waals surface area contributed by atoms with E-state index >= 15 is 0 Å². The Labute approximate surface area is 156 Å². The fourth-order valence-electron chi connectivity index (χ4n) is 1.54. The van der Waals surface area contributed by atoms with Crippen LogP contribution in [-0.2, 0) is 25.4 Å². The molecule has 0 saturated heterocycles. The van der Waals surface area contributed by atoms with Crippen molar-refractivity contribution >= 4 is 3.81 Å². The average molecular weight is 349 g/mol. The minimum Gasteiger partial charge on any atom is -0.508 e. The number of hydrogen-bond donors (Lipinski definition) is 1. The largest absolute Gasteiger partial charge is 0.508 e. The molecular formula is C21H33OTi-3. The number of rotatable bonds is 0. The first-order valence-corrected chi connectivity index (χ1v) is 7.95. The Bertz CT molecular complexity index is 471. The van der Waals surface area contributed by atoms with Gasteiger partial charge in [0.05, 0.1) is 0 Å². The molecule has 1 nitrogen and oxygen atoms in total. The second-order valence-electron chi connectivity index (χ2n) is 6.31. The van der Waals surface area contributed by atoms with Crippen molar-refractivity contribution in [3.8, 4) is 5.75 Å². The third-order valence-corrected chi connectivity index (χ3v) is 2.51. The maximum absolute atomic E-state index is 9.36. The van der Waals surface area contributed by atoms with Crippen molar-refractivity contribution < 1.29 is 25.1 Å². The van der Waals surface area contributed by atoms with Crippen LogP contribution in [-0.4, -0.2) is 8.92 Å². The Hall–Kier alpha value is -0.916. The molecule has 130 valence electrons. The molecule has 23 heavy (non-hydrogen) atoms. The molecule has 2 heteroatoms. The third-order valence-electron chi connectivity index (χ3n) is 2.51. The molecule has 1 aromatic rings. The summed E-state index contributed by atoms with van der Waals surface area (Å²) in [6.45, 7) is 12.6. The second-order valence-corrected chi connectivity index (χ2v) is 7.87. The van der Waals surface area contributed by atoms with Gasteiger partial charge in [0.2, 0.25) is 0 Å². The van der Waals surface area contributed by atoms with Crippen LogP contribution in [0, 0.1) is 27.9 Å². The number of hydrogen-bond acceptors (Lipinski definition) is 1. The van der Waals surface area contributed by atoms with Gasteiger partial charge in [0.15, 0.2) is 0 Å². The van der Waals surface area contributed by atoms with Gasteiger partial charge in [0, 0.05) is 0 Å². The van der Waals surface area contributed by atoms with E-state index in [1.54, 1.807) is 6.07 Å². The van der Waals surface area contributed by atoms with Crippen LogP contribution in [0.1, 0.15) is 52.2 Å². The smallest absolute Gasteiger partial charge is 0.116 e. The van der Waals surface area contributed by atoms with E-state index in [1.807, 2.05) is 25.1 Å². The number of benzene rings is 1. The molecule has 0 spiro atoms. The van der Waals surface area contributed by atoms with Gasteiger partial charge >= 0.3 is 37.6 Å². The molecule has 0 atom stereocenters. The van der Waals surface area contributed by atoms with Gasteiger partial charge in [-0.25, -0.2) is 12.2 Å². The van der Waals surface area contributed by atoms with E-state index in [9.17, 15) is 5.11 Å². The molecule has 1 aliphatic carbocycles. The van der Waals surface area contributed by atoms with Crippen molar-refractivity contribution in [1.29, 1.82) is 0 Å². The van der Waals surface area contributed by atoms with Gasteiger partial charge in [-0.1, -0.05) is 26.8 Å². The monoisotopic (exact) mass is 349 g/mol. The molecule has 1 N–H and O–H groups in total. The van der Waals surface area contributed by atoms with Crippen molar-refractivity contribution in [2.75, 3.05) is 0 Å². The van der Waals surface area contributed by atoms with E-state index in [0.717, 1.165) is 12.0 Å². The first-order chi connectivity index (χ1) is 9.62. The SMILES string of the molecule is C[C](C)=[Ti].Cc1cc(O)cc(C(C)(C)C)c1.[C-]1=CC=CC1.[CH3-].[CH3-]. The summed E-state index contributed by atoms with van der Waals surface area (Å²) in [7, 11) is 0. The molecule has 0 radical (unpaired) electrons. The van der Waals surface area contributed by atoms with Crippen LogP contribution in [0.3, 0.4) is 0 Å². The standard InChI is InChI=1S/C11H16O.C5H5.C3H6.2CH3.Ti/c1-8-5-9(11(2,3)4)7-10(12)6-8;1-2-4-5-3-1;1-3-2;;;/h5-7,12H,1-4H3;1-3H,4H2;1-2H3;2*1H3;/q;-1;;2*-1;. The van der Waals surface area contributed by atoms with Crippen LogP contribution in [0.2, 0.25) is 0 Å². The predicted octanol–water partition coefficient (Wildman–Crippen LogP) is 5.95. The summed E-state index contributed by atoms with van der Waals surface area (Å²) < 4.78 is 1.42. The third kappa shape index (κ3) is 15.7. The molecule has 2 rings (SSSR count). The summed E-state index contributed by atoms with van der Waals surface area (Å²) in [4.78, 5) is 0. The summed E-state index contributed by atoms with van der Waals surface area (Å²) >= 11 is 2.08. The summed E-state index contributed by atoms with van der Waals surface area (Å²) in [6.07, 6.45) is 10.0. The van der Waals surface area contributed by atoms with E-state index < -0.39 is 0 Å². The molecule has 0 saturated carbocycles. The number of allylic oxidation sites excluding steroid dienone is 4. The zero-order valence-electron chi connectivity index (χ0n) is 16.1. The van der Waals surface area contributed by atoms with Crippen molar-refractivity contribution in [2.24, 2.45) is 0 Å². The maximum atomic E-state index is 9.36. The molecule has 0 bridgehead atoms. The molecule has 1 aliphatic rings. The van der Waals surface area contributed by atoms with Crippen molar-refractivity contribution in [1.82, 2.24) is 0 Å². The Balaban J connectivity index is -0.000000305. The maximum Gasteiger partial charge on any atom is 0.116 e. The van der Waals surface area contributed by atoms with E-state index in [2.05, 4.69) is 72.8 Å². The molecule has 1 aromatic carbocycles. The van der Waals surface area contributed by atoms with Crippen LogP contribution in [0.4, 0.5) is 0 Å². The van der Waals surface area contributed by atoms with Gasteiger partial charge in [-0.05, 0) is 35.6 Å². The molecule has 0 unspecified atom stereocenters. The number of aromatic hydroxyl groups is 1. The second kappa shape index (κ2) is 13.5. The molecule has 0 fully saturated rings. The zero-order chi connectivity index (χ0) is 16.5. The van der Waals surface area contributed by atoms with Gasteiger partial charge in [-0.3, -0.25) is 6.08 Å². The molecule has 0 amide bonds. The van der Waals surface area contributed by atoms with Crippen molar-refractivity contribution in [2.45, 2.75) is 53.4 Å². The Morgan fingerprint density at radius 3 is 1.91 bits per heavy atom. The van der Waals surface area contributed by atoms with Crippen molar-refractivity contribution in [3.63, 3.8) is 0 Å². The van der Waals surface area contributed by atoms with E-state index in [0.29, 0.717) is 5.75 Å². The van der Waals surface area contributed by atoms with Crippen molar-refractivity contribution in [3.05, 3.63) is 68.5 Å². The Morgan fingerprint density at radius 2 is 1.65 bits per heavy atom. The molecule has 0 aliphatic heterocycles. The van der Waals surface area contributed by atoms with Gasteiger partial charge in [-0.15, -0.1) is 6.42 Å². The molecule has 0 aromatic heterocycles. The number of aryl methyl sites for hydroxylation is 1. The van der Waals surface area contributed by atoms with E-state index in [4.69, 9.17) is 0 Å². The zero-order valence-corrected chi connectivity index (χ0v) is 17.7. The quantitative estimate of drug-likeness (QED) is 0.453. The van der Waals surface area contributed by atoms with Gasteiger partial charge < -0.3 is 20.0 Å². The van der Waals surface area contributed by atoms with Gasteiger partial charge in [-0.2, -0.15) is 6.08 Å². The number of phenolic OH excluding ortho intramolecular Hbond substituents is 1. The Kier molecular flexibility index (Phi) is 15.8. The summed E-state index contributed by atoms with van der Waals surface area (Å²) in [5.41, 5.74) is 2.41. The van der Waals surface area contributed by atoms with Gasteiger partial charge in [0.1, 0.15) is 5.75 Å².